The van der Waals surface area contributed by atoms with E-state index in [0.29, 0.717) is 19.0 Å². The molecule has 2 rings (SSSR count). The first-order chi connectivity index (χ1) is 7.68. The largest absolute Gasteiger partial charge is 0.467 e. The first-order valence-corrected chi connectivity index (χ1v) is 5.06. The Hall–Kier alpha value is -1.33. The van der Waals surface area contributed by atoms with Gasteiger partial charge in [0.25, 0.3) is 0 Å². The molecule has 2 atom stereocenters. The van der Waals surface area contributed by atoms with Crippen LogP contribution in [-0.2, 0) is 19.0 Å². The van der Waals surface area contributed by atoms with Crippen LogP contribution < -0.4 is 0 Å². The molecule has 5 nitrogen and oxygen atoms in total. The number of carbonyl (C=O) groups excluding carboxylic acids is 1. The lowest BCUT2D eigenvalue weighted by Crippen LogP contribution is -2.50. The molecule has 0 saturated carbocycles. The van der Waals surface area contributed by atoms with Crippen LogP contribution in [-0.4, -0.2) is 31.9 Å². The fourth-order valence-corrected chi connectivity index (χ4v) is 1.82. The molecular weight excluding hydrogens is 212 g/mol. The lowest BCUT2D eigenvalue weighted by atomic mass is 9.95. The number of furan rings is 1. The van der Waals surface area contributed by atoms with Crippen LogP contribution >= 0.6 is 0 Å². The molecule has 88 valence electrons. The maximum absolute atomic E-state index is 11.7. The molecule has 1 fully saturated rings. The highest BCUT2D eigenvalue weighted by molar-refractivity contribution is 5.80. The third kappa shape index (κ3) is 1.72. The van der Waals surface area contributed by atoms with Crippen LogP contribution in [0.4, 0.5) is 0 Å². The minimum absolute atomic E-state index is 0.364. The summed E-state index contributed by atoms with van der Waals surface area (Å²) >= 11 is 0. The highest BCUT2D eigenvalue weighted by Crippen LogP contribution is 2.36. The highest BCUT2D eigenvalue weighted by Gasteiger charge is 2.49. The van der Waals surface area contributed by atoms with E-state index < -0.39 is 17.7 Å². The van der Waals surface area contributed by atoms with Gasteiger partial charge in [-0.15, -0.1) is 0 Å². The van der Waals surface area contributed by atoms with E-state index >= 15 is 0 Å². The van der Waals surface area contributed by atoms with Crippen LogP contribution in [0.1, 0.15) is 18.8 Å². The molecule has 1 saturated heterocycles. The molecule has 0 aliphatic carbocycles. The van der Waals surface area contributed by atoms with Crippen molar-refractivity contribution >= 4 is 5.97 Å². The Bertz CT molecular complexity index is 358. The normalized spacial score (nSPS) is 30.0. The van der Waals surface area contributed by atoms with Crippen molar-refractivity contribution in [3.8, 4) is 0 Å². The SMILES string of the molecule is COC(=O)C1(C)OCCOC1c1ccco1. The molecule has 1 aromatic heterocycles. The van der Waals surface area contributed by atoms with Crippen molar-refractivity contribution in [2.75, 3.05) is 20.3 Å². The quantitative estimate of drug-likeness (QED) is 0.711. The third-order valence-corrected chi connectivity index (χ3v) is 2.66. The Labute approximate surface area is 93.3 Å². The van der Waals surface area contributed by atoms with Crippen molar-refractivity contribution in [1.82, 2.24) is 0 Å². The third-order valence-electron chi connectivity index (χ3n) is 2.66. The average Bonchev–Trinajstić information content (AvgIpc) is 2.82. The molecule has 0 N–H and O–H groups in total. The second kappa shape index (κ2) is 4.27. The van der Waals surface area contributed by atoms with E-state index in [2.05, 4.69) is 0 Å². The van der Waals surface area contributed by atoms with E-state index in [9.17, 15) is 4.79 Å². The van der Waals surface area contributed by atoms with Gasteiger partial charge in [0.1, 0.15) is 5.76 Å². The van der Waals surface area contributed by atoms with Crippen LogP contribution in [0.2, 0.25) is 0 Å². The lowest BCUT2D eigenvalue weighted by molar-refractivity contribution is -0.221. The van der Waals surface area contributed by atoms with Gasteiger partial charge in [0.15, 0.2) is 11.7 Å². The average molecular weight is 226 g/mol. The van der Waals surface area contributed by atoms with Crippen molar-refractivity contribution in [1.29, 1.82) is 0 Å². The van der Waals surface area contributed by atoms with Crippen molar-refractivity contribution in [3.63, 3.8) is 0 Å². The summed E-state index contributed by atoms with van der Waals surface area (Å²) in [6.45, 7) is 2.44. The fraction of sp³-hybridized carbons (Fsp3) is 0.545. The number of ether oxygens (including phenoxy) is 3. The molecular formula is C11H14O5. The molecule has 5 heteroatoms. The molecule has 2 unspecified atom stereocenters. The van der Waals surface area contributed by atoms with E-state index in [0.717, 1.165) is 0 Å². The maximum atomic E-state index is 11.7. The lowest BCUT2D eigenvalue weighted by Gasteiger charge is -2.37. The van der Waals surface area contributed by atoms with Crippen molar-refractivity contribution in [3.05, 3.63) is 24.2 Å². The van der Waals surface area contributed by atoms with Gasteiger partial charge in [0, 0.05) is 0 Å². The van der Waals surface area contributed by atoms with Gasteiger partial charge < -0.3 is 18.6 Å². The summed E-state index contributed by atoms with van der Waals surface area (Å²) in [6, 6.07) is 3.49. The van der Waals surface area contributed by atoms with E-state index in [1.54, 1.807) is 19.1 Å². The molecule has 0 radical (unpaired) electrons. The summed E-state index contributed by atoms with van der Waals surface area (Å²) in [7, 11) is 1.32. The Balaban J connectivity index is 2.30. The van der Waals surface area contributed by atoms with Gasteiger partial charge in [0.2, 0.25) is 0 Å². The van der Waals surface area contributed by atoms with Crippen LogP contribution in [0.5, 0.6) is 0 Å². The Morgan fingerprint density at radius 3 is 3.00 bits per heavy atom. The number of methoxy groups -OCH3 is 1. The first kappa shape index (κ1) is 11.2. The highest BCUT2D eigenvalue weighted by atomic mass is 16.6. The summed E-state index contributed by atoms with van der Waals surface area (Å²) in [5.41, 5.74) is -1.15. The van der Waals surface area contributed by atoms with Gasteiger partial charge in [-0.2, -0.15) is 0 Å². The second-order valence-corrected chi connectivity index (χ2v) is 3.71. The van der Waals surface area contributed by atoms with Crippen LogP contribution in [0.3, 0.4) is 0 Å². The second-order valence-electron chi connectivity index (χ2n) is 3.71. The summed E-state index contributed by atoms with van der Waals surface area (Å²) in [5, 5.41) is 0. The van der Waals surface area contributed by atoms with Gasteiger partial charge in [-0.25, -0.2) is 4.79 Å². The van der Waals surface area contributed by atoms with Crippen LogP contribution in [0.15, 0.2) is 22.8 Å². The van der Waals surface area contributed by atoms with Gasteiger partial charge in [-0.3, -0.25) is 0 Å². The van der Waals surface area contributed by atoms with Crippen LogP contribution in [0.25, 0.3) is 0 Å². The Kier molecular flexibility index (Phi) is 2.98. The predicted octanol–water partition coefficient (Wildman–Crippen LogP) is 1.30. The number of carbonyl (C=O) groups is 1. The molecule has 0 aromatic carbocycles. The standard InChI is InChI=1S/C11H14O5/c1-11(10(12)13-2)9(15-6-7-16-11)8-4-3-5-14-8/h3-5,9H,6-7H2,1-2H3. The molecule has 0 spiro atoms. The van der Waals surface area contributed by atoms with Gasteiger partial charge in [-0.05, 0) is 19.1 Å². The molecule has 2 heterocycles. The number of hydrogen-bond donors (Lipinski definition) is 0. The zero-order valence-electron chi connectivity index (χ0n) is 9.26. The molecule has 0 bridgehead atoms. The van der Waals surface area contributed by atoms with Gasteiger partial charge in [0.05, 0.1) is 26.6 Å². The fourth-order valence-electron chi connectivity index (χ4n) is 1.82. The Morgan fingerprint density at radius 1 is 1.56 bits per heavy atom. The molecule has 0 amide bonds. The summed E-state index contributed by atoms with van der Waals surface area (Å²) in [6.07, 6.45) is 0.967. The number of esters is 1. The van der Waals surface area contributed by atoms with E-state index in [1.807, 2.05) is 0 Å². The summed E-state index contributed by atoms with van der Waals surface area (Å²) in [4.78, 5) is 11.7. The van der Waals surface area contributed by atoms with Crippen LogP contribution in [0, 0.1) is 0 Å². The molecule has 16 heavy (non-hydrogen) atoms. The minimum Gasteiger partial charge on any atom is -0.467 e. The number of hydrogen-bond acceptors (Lipinski definition) is 5. The minimum atomic E-state index is -1.15. The smallest absolute Gasteiger partial charge is 0.341 e. The van der Waals surface area contributed by atoms with E-state index in [1.165, 1.54) is 13.4 Å². The molecule has 1 aliphatic rings. The monoisotopic (exact) mass is 226 g/mol. The predicted molar refractivity (Wildman–Crippen MR) is 53.8 cm³/mol. The van der Waals surface area contributed by atoms with Gasteiger partial charge in [-0.1, -0.05) is 0 Å². The van der Waals surface area contributed by atoms with E-state index in [4.69, 9.17) is 18.6 Å². The molecule has 1 aliphatic heterocycles. The van der Waals surface area contributed by atoms with Crippen molar-refractivity contribution in [2.45, 2.75) is 18.6 Å². The van der Waals surface area contributed by atoms with Crippen molar-refractivity contribution in [2.24, 2.45) is 0 Å². The number of rotatable bonds is 2. The maximum Gasteiger partial charge on any atom is 0.341 e. The Morgan fingerprint density at radius 2 is 2.38 bits per heavy atom. The zero-order chi connectivity index (χ0) is 11.6. The first-order valence-electron chi connectivity index (χ1n) is 5.06. The summed E-state index contributed by atoms with van der Waals surface area (Å²) in [5.74, 6) is 0.0983. The van der Waals surface area contributed by atoms with E-state index in [-0.39, 0.29) is 0 Å². The van der Waals surface area contributed by atoms with Crippen molar-refractivity contribution < 1.29 is 23.4 Å². The topological polar surface area (TPSA) is 57.9 Å². The molecule has 1 aromatic rings. The summed E-state index contributed by atoms with van der Waals surface area (Å²) < 4.78 is 21.0. The zero-order valence-corrected chi connectivity index (χ0v) is 9.26. The van der Waals surface area contributed by atoms with Gasteiger partial charge >= 0.3 is 5.97 Å².